The van der Waals surface area contributed by atoms with Gasteiger partial charge in [0.1, 0.15) is 10.8 Å². The highest BCUT2D eigenvalue weighted by Gasteiger charge is 2.39. The molecule has 0 bridgehead atoms. The second kappa shape index (κ2) is 8.92. The molecule has 0 saturated carbocycles. The minimum atomic E-state index is -0.610. The van der Waals surface area contributed by atoms with Crippen LogP contribution in [-0.4, -0.2) is 31.5 Å². The number of rotatable bonds is 7. The van der Waals surface area contributed by atoms with Crippen LogP contribution in [0.2, 0.25) is 0 Å². The molecule has 1 aliphatic rings. The standard InChI is InChI=1S/C22H20ClNO5/c1-3-4-13-29-22(27)15-5-9-16(10-6-15)24-20(25)18(19(23)21(24)26)14-7-11-17(28-2)12-8-14/h5-12H,3-4,13H2,1-2H3. The predicted octanol–water partition coefficient (Wildman–Crippen LogP) is 4.18. The van der Waals surface area contributed by atoms with Crippen LogP contribution in [0, 0.1) is 0 Å². The van der Waals surface area contributed by atoms with Gasteiger partial charge in [0.15, 0.2) is 0 Å². The van der Waals surface area contributed by atoms with Gasteiger partial charge < -0.3 is 9.47 Å². The second-order valence-electron chi connectivity index (χ2n) is 6.40. The van der Waals surface area contributed by atoms with Crippen molar-refractivity contribution in [2.45, 2.75) is 19.8 Å². The summed E-state index contributed by atoms with van der Waals surface area (Å²) in [4.78, 5) is 38.5. The number of carbonyl (C=O) groups is 3. The van der Waals surface area contributed by atoms with E-state index in [4.69, 9.17) is 21.1 Å². The number of carbonyl (C=O) groups excluding carboxylic acids is 3. The van der Waals surface area contributed by atoms with Crippen LogP contribution in [0.4, 0.5) is 5.69 Å². The Bertz CT molecular complexity index is 964. The van der Waals surface area contributed by atoms with E-state index in [1.54, 1.807) is 24.3 Å². The van der Waals surface area contributed by atoms with Crippen LogP contribution in [0.3, 0.4) is 0 Å². The molecule has 0 atom stereocenters. The Balaban J connectivity index is 1.80. The Morgan fingerprint density at radius 2 is 1.66 bits per heavy atom. The van der Waals surface area contributed by atoms with Crippen molar-refractivity contribution < 1.29 is 23.9 Å². The van der Waals surface area contributed by atoms with E-state index >= 15 is 0 Å². The maximum absolute atomic E-state index is 12.9. The monoisotopic (exact) mass is 413 g/mol. The number of imide groups is 1. The molecule has 2 aromatic carbocycles. The zero-order valence-corrected chi connectivity index (χ0v) is 16.9. The molecule has 0 spiro atoms. The molecule has 0 aromatic heterocycles. The molecular formula is C22H20ClNO5. The Morgan fingerprint density at radius 3 is 2.24 bits per heavy atom. The molecule has 0 fully saturated rings. The summed E-state index contributed by atoms with van der Waals surface area (Å²) in [5, 5.41) is -0.150. The van der Waals surface area contributed by atoms with Gasteiger partial charge in [-0.05, 0) is 48.4 Å². The van der Waals surface area contributed by atoms with E-state index in [0.717, 1.165) is 17.7 Å². The molecule has 0 N–H and O–H groups in total. The van der Waals surface area contributed by atoms with Gasteiger partial charge in [-0.25, -0.2) is 9.69 Å². The molecule has 2 aromatic rings. The zero-order valence-electron chi connectivity index (χ0n) is 16.1. The van der Waals surface area contributed by atoms with E-state index in [2.05, 4.69) is 0 Å². The number of hydrogen-bond acceptors (Lipinski definition) is 5. The smallest absolute Gasteiger partial charge is 0.338 e. The third-order valence-electron chi connectivity index (χ3n) is 4.50. The number of benzene rings is 2. The van der Waals surface area contributed by atoms with E-state index in [1.807, 2.05) is 6.92 Å². The summed E-state index contributed by atoms with van der Waals surface area (Å²) >= 11 is 6.19. The number of methoxy groups -OCH3 is 1. The summed E-state index contributed by atoms with van der Waals surface area (Å²) in [7, 11) is 1.54. The van der Waals surface area contributed by atoms with Crippen LogP contribution < -0.4 is 9.64 Å². The number of nitrogens with zero attached hydrogens (tertiary/aromatic N) is 1. The quantitative estimate of drug-likeness (QED) is 0.387. The van der Waals surface area contributed by atoms with Crippen LogP contribution in [0.1, 0.15) is 35.7 Å². The molecule has 1 heterocycles. The Hall–Kier alpha value is -3.12. The van der Waals surface area contributed by atoms with Crippen molar-refractivity contribution >= 4 is 40.6 Å². The fourth-order valence-electron chi connectivity index (χ4n) is 2.88. The topological polar surface area (TPSA) is 72.9 Å². The molecule has 3 rings (SSSR count). The van der Waals surface area contributed by atoms with E-state index in [1.165, 1.54) is 31.4 Å². The van der Waals surface area contributed by atoms with Gasteiger partial charge in [0.2, 0.25) is 0 Å². The van der Waals surface area contributed by atoms with Crippen molar-refractivity contribution in [3.8, 4) is 5.75 Å². The van der Waals surface area contributed by atoms with Gasteiger partial charge in [-0.15, -0.1) is 0 Å². The van der Waals surface area contributed by atoms with Gasteiger partial charge in [0.25, 0.3) is 11.8 Å². The summed E-state index contributed by atoms with van der Waals surface area (Å²) in [5.74, 6) is -0.955. The molecule has 0 aliphatic carbocycles. The van der Waals surface area contributed by atoms with Gasteiger partial charge in [-0.3, -0.25) is 9.59 Å². The van der Waals surface area contributed by atoms with Crippen LogP contribution >= 0.6 is 11.6 Å². The van der Waals surface area contributed by atoms with Gasteiger partial charge in [0.05, 0.1) is 30.5 Å². The van der Waals surface area contributed by atoms with Crippen molar-refractivity contribution in [1.82, 2.24) is 0 Å². The first-order valence-electron chi connectivity index (χ1n) is 9.18. The van der Waals surface area contributed by atoms with Gasteiger partial charge in [-0.1, -0.05) is 37.1 Å². The minimum absolute atomic E-state index is 0.127. The van der Waals surface area contributed by atoms with Crippen LogP contribution in [0.25, 0.3) is 5.57 Å². The number of ether oxygens (including phenoxy) is 2. The lowest BCUT2D eigenvalue weighted by Gasteiger charge is -2.15. The number of hydrogen-bond donors (Lipinski definition) is 0. The normalized spacial score (nSPS) is 13.8. The number of esters is 1. The van der Waals surface area contributed by atoms with Crippen molar-refractivity contribution in [2.24, 2.45) is 0 Å². The van der Waals surface area contributed by atoms with Crippen molar-refractivity contribution in [2.75, 3.05) is 18.6 Å². The van der Waals surface area contributed by atoms with Crippen LogP contribution in [0.15, 0.2) is 53.6 Å². The summed E-state index contributed by atoms with van der Waals surface area (Å²) in [6.45, 7) is 2.36. The molecule has 7 heteroatoms. The summed E-state index contributed by atoms with van der Waals surface area (Å²) in [6.07, 6.45) is 1.72. The summed E-state index contributed by atoms with van der Waals surface area (Å²) in [6, 6.07) is 12.8. The highest BCUT2D eigenvalue weighted by atomic mass is 35.5. The number of amides is 2. The molecule has 0 saturated heterocycles. The molecular weight excluding hydrogens is 394 g/mol. The number of halogens is 1. The molecule has 1 aliphatic heterocycles. The van der Waals surface area contributed by atoms with Crippen molar-refractivity contribution in [1.29, 1.82) is 0 Å². The maximum atomic E-state index is 12.9. The summed E-state index contributed by atoms with van der Waals surface area (Å²) in [5.41, 5.74) is 1.32. The zero-order chi connectivity index (χ0) is 21.0. The first-order valence-corrected chi connectivity index (χ1v) is 9.56. The highest BCUT2D eigenvalue weighted by molar-refractivity contribution is 6.60. The highest BCUT2D eigenvalue weighted by Crippen LogP contribution is 2.35. The fourth-order valence-corrected chi connectivity index (χ4v) is 3.16. The average molecular weight is 414 g/mol. The Kier molecular flexibility index (Phi) is 6.34. The van der Waals surface area contributed by atoms with E-state index in [-0.39, 0.29) is 10.6 Å². The molecule has 150 valence electrons. The Labute approximate surface area is 173 Å². The van der Waals surface area contributed by atoms with Gasteiger partial charge >= 0.3 is 5.97 Å². The largest absolute Gasteiger partial charge is 0.497 e. The second-order valence-corrected chi connectivity index (χ2v) is 6.78. The van der Waals surface area contributed by atoms with Crippen LogP contribution in [-0.2, 0) is 14.3 Å². The third-order valence-corrected chi connectivity index (χ3v) is 4.85. The fraction of sp³-hybridized carbons (Fsp3) is 0.227. The Morgan fingerprint density at radius 1 is 1.00 bits per heavy atom. The molecule has 29 heavy (non-hydrogen) atoms. The van der Waals surface area contributed by atoms with E-state index < -0.39 is 17.8 Å². The number of anilines is 1. The summed E-state index contributed by atoms with van der Waals surface area (Å²) < 4.78 is 10.3. The van der Waals surface area contributed by atoms with E-state index in [0.29, 0.717) is 29.2 Å². The number of unbranched alkanes of at least 4 members (excludes halogenated alkanes) is 1. The van der Waals surface area contributed by atoms with Gasteiger partial charge in [-0.2, -0.15) is 0 Å². The van der Waals surface area contributed by atoms with Crippen molar-refractivity contribution in [3.05, 3.63) is 64.7 Å². The molecule has 0 radical (unpaired) electrons. The molecule has 0 unspecified atom stereocenters. The predicted molar refractivity (Wildman–Crippen MR) is 110 cm³/mol. The average Bonchev–Trinajstić information content (AvgIpc) is 2.96. The molecule has 2 amide bonds. The van der Waals surface area contributed by atoms with Crippen LogP contribution in [0.5, 0.6) is 5.75 Å². The van der Waals surface area contributed by atoms with Crippen molar-refractivity contribution in [3.63, 3.8) is 0 Å². The first-order chi connectivity index (χ1) is 14.0. The lowest BCUT2D eigenvalue weighted by Crippen LogP contribution is -2.31. The first kappa shape index (κ1) is 20.6. The minimum Gasteiger partial charge on any atom is -0.497 e. The lowest BCUT2D eigenvalue weighted by atomic mass is 10.1. The SMILES string of the molecule is CCCCOC(=O)c1ccc(N2C(=O)C(Cl)=C(c3ccc(OC)cc3)C2=O)cc1. The molecule has 6 nitrogen and oxygen atoms in total. The van der Waals surface area contributed by atoms with Gasteiger partial charge in [0, 0.05) is 0 Å². The third kappa shape index (κ3) is 4.17. The van der Waals surface area contributed by atoms with E-state index in [9.17, 15) is 14.4 Å². The maximum Gasteiger partial charge on any atom is 0.338 e. The lowest BCUT2D eigenvalue weighted by molar-refractivity contribution is -0.119.